The summed E-state index contributed by atoms with van der Waals surface area (Å²) in [7, 11) is 2.18. The van der Waals surface area contributed by atoms with Gasteiger partial charge in [-0.2, -0.15) is 0 Å². The minimum absolute atomic E-state index is 0.0537. The number of nitrogens with zero attached hydrogens (tertiary/aromatic N) is 5. The van der Waals surface area contributed by atoms with Crippen LogP contribution in [0.2, 0.25) is 0 Å². The van der Waals surface area contributed by atoms with Gasteiger partial charge in [-0.05, 0) is 44.2 Å². The Morgan fingerprint density at radius 2 is 2.26 bits per heavy atom. The van der Waals surface area contributed by atoms with Crippen molar-refractivity contribution < 1.29 is 4.79 Å². The first-order valence-electron chi connectivity index (χ1n) is 9.82. The van der Waals surface area contributed by atoms with Gasteiger partial charge in [0.25, 0.3) is 5.91 Å². The first-order valence-corrected chi connectivity index (χ1v) is 10.7. The molecule has 2 fully saturated rings. The zero-order valence-corrected chi connectivity index (χ0v) is 16.5. The number of amides is 1. The summed E-state index contributed by atoms with van der Waals surface area (Å²) in [6.45, 7) is 4.65. The summed E-state index contributed by atoms with van der Waals surface area (Å²) in [5, 5.41) is 13.8. The predicted octanol–water partition coefficient (Wildman–Crippen LogP) is 1.71. The van der Waals surface area contributed by atoms with Crippen molar-refractivity contribution in [2.24, 2.45) is 0 Å². The van der Waals surface area contributed by atoms with Crippen LogP contribution in [0.5, 0.6) is 0 Å². The van der Waals surface area contributed by atoms with Crippen LogP contribution in [-0.4, -0.2) is 62.2 Å². The molecule has 7 nitrogen and oxygen atoms in total. The van der Waals surface area contributed by atoms with E-state index in [1.165, 1.54) is 11.3 Å². The Bertz CT molecular complexity index is 829. The number of likely N-dealkylation sites (tertiary alicyclic amines) is 1. The molecule has 8 heteroatoms. The fraction of sp³-hybridized carbons (Fsp3) is 0.632. The molecule has 4 heterocycles. The highest BCUT2D eigenvalue weighted by Gasteiger charge is 2.46. The average molecular weight is 387 g/mol. The second kappa shape index (κ2) is 6.68. The van der Waals surface area contributed by atoms with Gasteiger partial charge in [0.05, 0.1) is 12.1 Å². The number of rotatable bonds is 4. The lowest BCUT2D eigenvalue weighted by molar-refractivity contribution is 0.0646. The Morgan fingerprint density at radius 3 is 3.00 bits per heavy atom. The largest absolute Gasteiger partial charge is 0.347 e. The minimum atomic E-state index is -0.0633. The number of hydrogen-bond donors (Lipinski definition) is 1. The molecular weight excluding hydrogens is 360 g/mol. The summed E-state index contributed by atoms with van der Waals surface area (Å²) < 4.78 is 2.07. The molecule has 27 heavy (non-hydrogen) atoms. The van der Waals surface area contributed by atoms with Crippen molar-refractivity contribution in [1.82, 2.24) is 29.9 Å². The van der Waals surface area contributed by atoms with Crippen LogP contribution in [0, 0.1) is 0 Å². The lowest BCUT2D eigenvalue weighted by Gasteiger charge is -2.43. The number of fused-ring (bicyclic) bond motifs is 1. The topological polar surface area (TPSA) is 66.3 Å². The first kappa shape index (κ1) is 17.3. The van der Waals surface area contributed by atoms with Crippen LogP contribution in [0.4, 0.5) is 0 Å². The fourth-order valence-electron chi connectivity index (χ4n) is 4.52. The van der Waals surface area contributed by atoms with E-state index in [-0.39, 0.29) is 11.4 Å². The van der Waals surface area contributed by atoms with E-state index in [2.05, 4.69) is 54.4 Å². The highest BCUT2D eigenvalue weighted by molar-refractivity contribution is 7.09. The quantitative estimate of drug-likeness (QED) is 0.867. The number of carbonyl (C=O) groups is 1. The highest BCUT2D eigenvalue weighted by Crippen LogP contribution is 2.35. The van der Waals surface area contributed by atoms with Gasteiger partial charge in [0, 0.05) is 37.1 Å². The molecular formula is C19H26N6OS. The molecule has 1 amide bonds. The van der Waals surface area contributed by atoms with E-state index in [0.717, 1.165) is 57.8 Å². The molecule has 1 saturated heterocycles. The number of thiophene rings is 1. The van der Waals surface area contributed by atoms with Crippen molar-refractivity contribution in [3.63, 3.8) is 0 Å². The molecule has 2 aliphatic heterocycles. The van der Waals surface area contributed by atoms with Crippen molar-refractivity contribution in [2.45, 2.75) is 56.9 Å². The fourth-order valence-corrected chi connectivity index (χ4v) is 5.27. The van der Waals surface area contributed by atoms with Gasteiger partial charge in [-0.15, -0.1) is 21.5 Å². The van der Waals surface area contributed by atoms with Gasteiger partial charge in [-0.25, -0.2) is 0 Å². The highest BCUT2D eigenvalue weighted by atomic mass is 32.1. The Kier molecular flexibility index (Phi) is 4.29. The number of hydrogen-bond acceptors (Lipinski definition) is 6. The SMILES string of the molecule is CN1Cc2nnc(C(=O)NC3CCC3)n2C[C@@]12CCN(Cc1cccs1)C2. The van der Waals surface area contributed by atoms with Crippen LogP contribution in [-0.2, 0) is 19.6 Å². The Labute approximate surface area is 163 Å². The van der Waals surface area contributed by atoms with E-state index in [1.54, 1.807) is 0 Å². The molecule has 1 spiro atoms. The van der Waals surface area contributed by atoms with Crippen LogP contribution in [0.15, 0.2) is 17.5 Å². The monoisotopic (exact) mass is 386 g/mol. The van der Waals surface area contributed by atoms with E-state index in [4.69, 9.17) is 0 Å². The molecule has 144 valence electrons. The van der Waals surface area contributed by atoms with Crippen molar-refractivity contribution in [1.29, 1.82) is 0 Å². The molecule has 0 aromatic carbocycles. The maximum atomic E-state index is 12.7. The average Bonchev–Trinajstić information content (AvgIpc) is 3.34. The molecule has 0 unspecified atom stereocenters. The van der Waals surface area contributed by atoms with E-state index < -0.39 is 0 Å². The predicted molar refractivity (Wildman–Crippen MR) is 104 cm³/mol. The van der Waals surface area contributed by atoms with Crippen molar-refractivity contribution >= 4 is 17.2 Å². The van der Waals surface area contributed by atoms with Gasteiger partial charge in [0.2, 0.25) is 5.82 Å². The molecule has 3 aliphatic rings. The van der Waals surface area contributed by atoms with E-state index in [1.807, 2.05) is 11.3 Å². The van der Waals surface area contributed by atoms with E-state index in [0.29, 0.717) is 11.9 Å². The molecule has 1 N–H and O–H groups in total. The summed E-state index contributed by atoms with van der Waals surface area (Å²) in [6.07, 6.45) is 4.47. The summed E-state index contributed by atoms with van der Waals surface area (Å²) in [5.41, 5.74) is 0.0537. The lowest BCUT2D eigenvalue weighted by Crippen LogP contribution is -2.55. The Morgan fingerprint density at radius 1 is 1.37 bits per heavy atom. The maximum Gasteiger partial charge on any atom is 0.289 e. The van der Waals surface area contributed by atoms with Crippen LogP contribution >= 0.6 is 11.3 Å². The van der Waals surface area contributed by atoms with Gasteiger partial charge in [0.1, 0.15) is 5.82 Å². The van der Waals surface area contributed by atoms with Crippen LogP contribution in [0.1, 0.15) is 47.0 Å². The number of nitrogens with one attached hydrogen (secondary N) is 1. The third kappa shape index (κ3) is 3.09. The number of likely N-dealkylation sites (N-methyl/N-ethyl adjacent to an activating group) is 1. The van der Waals surface area contributed by atoms with E-state index in [9.17, 15) is 4.79 Å². The lowest BCUT2D eigenvalue weighted by atomic mass is 9.93. The zero-order valence-electron chi connectivity index (χ0n) is 15.7. The van der Waals surface area contributed by atoms with Gasteiger partial charge in [-0.3, -0.25) is 14.6 Å². The summed E-state index contributed by atoms with van der Waals surface area (Å²) in [5.74, 6) is 1.33. The first-order chi connectivity index (χ1) is 13.1. The molecule has 1 saturated carbocycles. The van der Waals surface area contributed by atoms with Crippen LogP contribution < -0.4 is 5.32 Å². The molecule has 2 aromatic rings. The van der Waals surface area contributed by atoms with Gasteiger partial charge < -0.3 is 9.88 Å². The summed E-state index contributed by atoms with van der Waals surface area (Å²) in [6, 6.07) is 4.65. The minimum Gasteiger partial charge on any atom is -0.347 e. The smallest absolute Gasteiger partial charge is 0.289 e. The van der Waals surface area contributed by atoms with Crippen molar-refractivity contribution in [3.05, 3.63) is 34.0 Å². The molecule has 0 bridgehead atoms. The number of carbonyl (C=O) groups excluding carboxylic acids is 1. The van der Waals surface area contributed by atoms with Crippen LogP contribution in [0.3, 0.4) is 0 Å². The van der Waals surface area contributed by atoms with Crippen molar-refractivity contribution in [2.75, 3.05) is 20.1 Å². The Hall–Kier alpha value is -1.77. The molecule has 5 rings (SSSR count). The van der Waals surface area contributed by atoms with E-state index >= 15 is 0 Å². The molecule has 2 aromatic heterocycles. The normalized spacial score (nSPS) is 26.3. The second-order valence-corrected chi connectivity index (χ2v) is 9.28. The Balaban J connectivity index is 1.34. The zero-order chi connectivity index (χ0) is 18.4. The van der Waals surface area contributed by atoms with Gasteiger partial charge in [0.15, 0.2) is 0 Å². The van der Waals surface area contributed by atoms with Crippen molar-refractivity contribution in [3.8, 4) is 0 Å². The molecule has 1 aliphatic carbocycles. The standard InChI is InChI=1S/C19H26N6OS/c1-23-11-16-21-22-17(18(26)20-14-4-2-5-14)25(16)13-19(23)7-8-24(12-19)10-15-6-3-9-27-15/h3,6,9,14H,2,4-5,7-8,10-13H2,1H3,(H,20,26)/t19-/m0/s1. The molecule has 1 atom stereocenters. The number of aromatic nitrogens is 3. The summed E-state index contributed by atoms with van der Waals surface area (Å²) >= 11 is 1.82. The van der Waals surface area contributed by atoms with Crippen LogP contribution in [0.25, 0.3) is 0 Å². The van der Waals surface area contributed by atoms with Gasteiger partial charge in [-0.1, -0.05) is 6.07 Å². The second-order valence-electron chi connectivity index (χ2n) is 8.25. The third-order valence-electron chi connectivity index (χ3n) is 6.48. The maximum absolute atomic E-state index is 12.7. The summed E-state index contributed by atoms with van der Waals surface area (Å²) in [4.78, 5) is 19.0. The molecule has 0 radical (unpaired) electrons. The van der Waals surface area contributed by atoms with Gasteiger partial charge >= 0.3 is 0 Å². The third-order valence-corrected chi connectivity index (χ3v) is 7.34.